The van der Waals surface area contributed by atoms with E-state index in [1.807, 2.05) is 5.10 Å². The smallest absolute Gasteiger partial charge is 0.249 e. The maximum atomic E-state index is 11.8. The van der Waals surface area contributed by atoms with Crippen LogP contribution in [0.3, 0.4) is 0 Å². The fourth-order valence-corrected chi connectivity index (χ4v) is 2.10. The molecule has 2 aromatic rings. The van der Waals surface area contributed by atoms with Crippen LogP contribution in [-0.4, -0.2) is 53.7 Å². The second kappa shape index (κ2) is 6.49. The molecule has 0 atom stereocenters. The van der Waals surface area contributed by atoms with Crippen molar-refractivity contribution >= 4 is 20.2 Å². The van der Waals surface area contributed by atoms with Crippen LogP contribution in [-0.2, 0) is 20.2 Å². The Kier molecular flexibility index (Phi) is 5.23. The summed E-state index contributed by atoms with van der Waals surface area (Å²) in [6, 6.07) is 0. The Labute approximate surface area is 113 Å². The van der Waals surface area contributed by atoms with Gasteiger partial charge in [-0.25, -0.2) is 33.3 Å². The number of nitrogens with one attached hydrogen (secondary N) is 3. The fourth-order valence-electron chi connectivity index (χ4n) is 0.894. The highest BCUT2D eigenvalue weighted by atomic mass is 32.3. The van der Waals surface area contributed by atoms with Crippen molar-refractivity contribution in [1.82, 2.24) is 35.1 Å². The molecule has 0 spiro atoms. The van der Waals surface area contributed by atoms with Crippen LogP contribution >= 0.6 is 0 Å². The summed E-state index contributed by atoms with van der Waals surface area (Å²) in [4.78, 5) is 6.55. The molecule has 0 aliphatic carbocycles. The highest BCUT2D eigenvalue weighted by Gasteiger charge is 2.15. The van der Waals surface area contributed by atoms with E-state index in [1.165, 1.54) is 0 Å². The molecule has 0 fully saturated rings. The van der Waals surface area contributed by atoms with Crippen LogP contribution in [0.4, 0.5) is 3.89 Å². The molecule has 2 heterocycles. The van der Waals surface area contributed by atoms with E-state index >= 15 is 0 Å². The lowest BCUT2D eigenvalue weighted by molar-refractivity contribution is 0.542. The molecule has 0 bridgehead atoms. The number of H-pyrrole nitrogens is 2. The number of nitrogens with zero attached hydrogens (tertiary/aromatic N) is 4. The van der Waals surface area contributed by atoms with Gasteiger partial charge in [0.2, 0.25) is 0 Å². The second-order valence-electron chi connectivity index (χ2n) is 3.02. The van der Waals surface area contributed by atoms with Crippen molar-refractivity contribution in [2.75, 3.05) is 6.54 Å². The predicted molar refractivity (Wildman–Crippen MR) is 61.9 cm³/mol. The van der Waals surface area contributed by atoms with Gasteiger partial charge >= 0.3 is 10.2 Å². The van der Waals surface area contributed by atoms with Crippen molar-refractivity contribution in [2.24, 2.45) is 0 Å². The maximum Gasteiger partial charge on any atom is 0.367 e. The highest BCUT2D eigenvalue weighted by Crippen LogP contribution is 2.00. The van der Waals surface area contributed by atoms with Gasteiger partial charge in [-0.1, -0.05) is 10.8 Å². The van der Waals surface area contributed by atoms with Gasteiger partial charge in [0.1, 0.15) is 12.7 Å². The molecule has 2 aromatic heterocycles. The van der Waals surface area contributed by atoms with Crippen molar-refractivity contribution in [3.05, 3.63) is 12.7 Å². The molecule has 20 heavy (non-hydrogen) atoms. The van der Waals surface area contributed by atoms with E-state index in [9.17, 15) is 20.7 Å². The number of aromatic amines is 2. The van der Waals surface area contributed by atoms with Crippen LogP contribution in [0.1, 0.15) is 6.92 Å². The number of sulfonamides is 1. The average molecular weight is 327 g/mol. The van der Waals surface area contributed by atoms with Crippen molar-refractivity contribution in [3.63, 3.8) is 0 Å². The van der Waals surface area contributed by atoms with E-state index < -0.39 is 25.4 Å². The zero-order valence-electron chi connectivity index (χ0n) is 9.98. The Morgan fingerprint density at radius 2 is 1.60 bits per heavy atom. The number of halogens is 1. The monoisotopic (exact) mass is 327 g/mol. The Morgan fingerprint density at radius 1 is 1.10 bits per heavy atom. The Bertz CT molecular complexity index is 709. The topological polar surface area (TPSA) is 163 Å². The molecule has 0 aliphatic heterocycles. The lowest BCUT2D eigenvalue weighted by Gasteiger charge is -1.97. The molecule has 11 nitrogen and oxygen atoms in total. The Balaban J connectivity index is 0.000000204. The number of hydrogen-bond acceptors (Lipinski definition) is 8. The predicted octanol–water partition coefficient (Wildman–Crippen LogP) is -1.43. The summed E-state index contributed by atoms with van der Waals surface area (Å²) in [5, 5.41) is 9.74. The normalized spacial score (nSPS) is 11.7. The molecule has 0 saturated carbocycles. The summed E-state index contributed by atoms with van der Waals surface area (Å²) in [5.74, 6) is 0. The second-order valence-corrected chi connectivity index (χ2v) is 5.97. The molecular formula is C6H10FN7O4S2. The molecular weight excluding hydrogens is 317 g/mol. The third-order valence-electron chi connectivity index (χ3n) is 1.61. The first-order chi connectivity index (χ1) is 9.27. The summed E-state index contributed by atoms with van der Waals surface area (Å²) < 4.78 is 55.9. The van der Waals surface area contributed by atoms with Crippen molar-refractivity contribution < 1.29 is 20.7 Å². The van der Waals surface area contributed by atoms with Crippen LogP contribution in [0.5, 0.6) is 0 Å². The Hall–Kier alpha value is -1.93. The quantitative estimate of drug-likeness (QED) is 0.575. The van der Waals surface area contributed by atoms with E-state index in [0.717, 1.165) is 12.7 Å². The molecule has 0 radical (unpaired) electrons. The lowest BCUT2D eigenvalue weighted by Crippen LogP contribution is -2.24. The maximum absolute atomic E-state index is 11.8. The van der Waals surface area contributed by atoms with Crippen LogP contribution in [0, 0.1) is 0 Å². The van der Waals surface area contributed by atoms with Gasteiger partial charge in [-0.15, -0.1) is 0 Å². The van der Waals surface area contributed by atoms with Gasteiger partial charge in [0.25, 0.3) is 20.3 Å². The first-order valence-electron chi connectivity index (χ1n) is 4.92. The standard InChI is InChI=1S/C4H8N4O2S.C2H2FN3O2S/c1-2-7-11(9,10)4-5-3-6-8-4;3-9(7,8)2-4-1-5-6-2/h3,7H,2H2,1H3,(H,5,6,8);1H,(H,4,5,6). The summed E-state index contributed by atoms with van der Waals surface area (Å²) in [6.45, 7) is 2.02. The van der Waals surface area contributed by atoms with E-state index in [1.54, 1.807) is 6.92 Å². The van der Waals surface area contributed by atoms with E-state index in [0.29, 0.717) is 6.54 Å². The summed E-state index contributed by atoms with van der Waals surface area (Å²) >= 11 is 0. The molecule has 3 N–H and O–H groups in total. The minimum atomic E-state index is -4.69. The van der Waals surface area contributed by atoms with Gasteiger partial charge in [0.05, 0.1) is 0 Å². The lowest BCUT2D eigenvalue weighted by atomic mass is 10.8. The van der Waals surface area contributed by atoms with Crippen LogP contribution < -0.4 is 4.72 Å². The minimum absolute atomic E-state index is 0.153. The average Bonchev–Trinajstić information content (AvgIpc) is 3.03. The van der Waals surface area contributed by atoms with Crippen LogP contribution in [0.25, 0.3) is 0 Å². The zero-order valence-corrected chi connectivity index (χ0v) is 11.6. The third-order valence-corrected chi connectivity index (χ3v) is 3.64. The van der Waals surface area contributed by atoms with Gasteiger partial charge in [0.15, 0.2) is 0 Å². The van der Waals surface area contributed by atoms with Gasteiger partial charge in [-0.3, -0.25) is 0 Å². The SMILES string of the molecule is CCNS(=O)(=O)c1ncn[nH]1.O=S(=O)(F)c1ncn[nH]1. The van der Waals surface area contributed by atoms with E-state index in [4.69, 9.17) is 0 Å². The van der Waals surface area contributed by atoms with Crippen molar-refractivity contribution in [3.8, 4) is 0 Å². The first kappa shape index (κ1) is 16.1. The molecule has 0 unspecified atom stereocenters. The van der Waals surface area contributed by atoms with Crippen molar-refractivity contribution in [1.29, 1.82) is 0 Å². The van der Waals surface area contributed by atoms with Crippen LogP contribution in [0.15, 0.2) is 23.0 Å². The summed E-state index contributed by atoms with van der Waals surface area (Å²) in [6.07, 6.45) is 2.05. The molecule has 112 valence electrons. The first-order valence-corrected chi connectivity index (χ1v) is 7.79. The van der Waals surface area contributed by atoms with E-state index in [-0.39, 0.29) is 5.16 Å². The molecule has 0 saturated heterocycles. The summed E-state index contributed by atoms with van der Waals surface area (Å²) in [7, 11) is -8.13. The third kappa shape index (κ3) is 4.63. The molecule has 0 aliphatic rings. The fraction of sp³-hybridized carbons (Fsp3) is 0.333. The van der Waals surface area contributed by atoms with Crippen LogP contribution in [0.2, 0.25) is 0 Å². The molecule has 14 heteroatoms. The van der Waals surface area contributed by atoms with Crippen molar-refractivity contribution in [2.45, 2.75) is 17.2 Å². The number of hydrogen-bond donors (Lipinski definition) is 3. The Morgan fingerprint density at radius 3 is 1.90 bits per heavy atom. The van der Waals surface area contributed by atoms with Gasteiger partial charge in [-0.05, 0) is 0 Å². The molecule has 2 rings (SSSR count). The number of aromatic nitrogens is 6. The van der Waals surface area contributed by atoms with Gasteiger partial charge < -0.3 is 0 Å². The molecule has 0 aromatic carbocycles. The number of rotatable bonds is 4. The highest BCUT2D eigenvalue weighted by molar-refractivity contribution is 7.89. The van der Waals surface area contributed by atoms with Gasteiger partial charge in [0, 0.05) is 6.54 Å². The largest absolute Gasteiger partial charge is 0.367 e. The zero-order chi connectivity index (χ0) is 15.2. The molecule has 0 amide bonds. The minimum Gasteiger partial charge on any atom is -0.249 e. The van der Waals surface area contributed by atoms with Gasteiger partial charge in [-0.2, -0.15) is 18.6 Å². The summed E-state index contributed by atoms with van der Waals surface area (Å²) in [5.41, 5.74) is 0. The van der Waals surface area contributed by atoms with E-state index in [2.05, 4.69) is 30.0 Å².